The largest absolute Gasteiger partial charge is 0.436 e. The predicted octanol–water partition coefficient (Wildman–Crippen LogP) is 4.74. The van der Waals surface area contributed by atoms with E-state index >= 15 is 0 Å². The van der Waals surface area contributed by atoms with Crippen LogP contribution in [0.5, 0.6) is 11.6 Å². The molecule has 0 spiro atoms. The molecule has 132 valence electrons. The minimum Gasteiger partial charge on any atom is -0.436 e. The Morgan fingerprint density at radius 2 is 1.81 bits per heavy atom. The molecule has 3 aromatic rings. The lowest BCUT2D eigenvalue weighted by Crippen LogP contribution is -2.24. The summed E-state index contributed by atoms with van der Waals surface area (Å²) in [6.45, 7) is 0.00111. The molecule has 1 N–H and O–H groups in total. The van der Waals surface area contributed by atoms with Crippen LogP contribution >= 0.6 is 11.6 Å². The molecule has 1 amide bonds. The van der Waals surface area contributed by atoms with Gasteiger partial charge in [-0.05, 0) is 30.3 Å². The summed E-state index contributed by atoms with van der Waals surface area (Å²) in [5.41, 5.74) is 0.256. The van der Waals surface area contributed by atoms with Gasteiger partial charge in [0.15, 0.2) is 11.6 Å². The number of benzene rings is 2. The first-order valence-corrected chi connectivity index (χ1v) is 8.02. The quantitative estimate of drug-likeness (QED) is 0.702. The molecular formula is C19H13ClF2N2O2. The summed E-state index contributed by atoms with van der Waals surface area (Å²) in [6.07, 6.45) is 1.48. The van der Waals surface area contributed by atoms with Crippen LogP contribution in [0.2, 0.25) is 5.02 Å². The highest BCUT2D eigenvalue weighted by molar-refractivity contribution is 6.33. The average molecular weight is 375 g/mol. The minimum atomic E-state index is -0.719. The van der Waals surface area contributed by atoms with E-state index in [9.17, 15) is 13.6 Å². The molecule has 0 aliphatic heterocycles. The normalized spacial score (nSPS) is 10.4. The molecular weight excluding hydrogens is 362 g/mol. The molecule has 0 aliphatic rings. The summed E-state index contributed by atoms with van der Waals surface area (Å²) in [5.74, 6) is -1.78. The van der Waals surface area contributed by atoms with Crippen molar-refractivity contribution in [2.24, 2.45) is 0 Å². The first-order chi connectivity index (χ1) is 12.6. The molecule has 0 saturated heterocycles. The molecule has 0 bridgehead atoms. The van der Waals surface area contributed by atoms with E-state index in [0.29, 0.717) is 5.56 Å². The zero-order chi connectivity index (χ0) is 18.5. The minimum absolute atomic E-state index is 0.00111. The molecule has 0 atom stereocenters. The molecule has 4 nitrogen and oxygen atoms in total. The first-order valence-electron chi connectivity index (χ1n) is 7.64. The highest BCUT2D eigenvalue weighted by Crippen LogP contribution is 2.25. The summed E-state index contributed by atoms with van der Waals surface area (Å²) in [5, 5.41) is 2.57. The van der Waals surface area contributed by atoms with Crippen LogP contribution in [0, 0.1) is 11.6 Å². The molecule has 1 heterocycles. The number of hydrogen-bond donors (Lipinski definition) is 1. The third kappa shape index (κ3) is 3.97. The smallest absolute Gasteiger partial charge is 0.256 e. The number of halogens is 3. The van der Waals surface area contributed by atoms with Crippen molar-refractivity contribution in [3.05, 3.63) is 88.6 Å². The maximum absolute atomic E-state index is 13.8. The number of carbonyl (C=O) groups excluding carboxylic acids is 1. The maximum atomic E-state index is 13.8. The van der Waals surface area contributed by atoms with Gasteiger partial charge in [-0.1, -0.05) is 35.9 Å². The third-order valence-electron chi connectivity index (χ3n) is 3.52. The van der Waals surface area contributed by atoms with Crippen molar-refractivity contribution >= 4 is 17.5 Å². The van der Waals surface area contributed by atoms with Crippen molar-refractivity contribution in [2.45, 2.75) is 6.54 Å². The zero-order valence-electron chi connectivity index (χ0n) is 13.4. The van der Waals surface area contributed by atoms with Gasteiger partial charge >= 0.3 is 0 Å². The summed E-state index contributed by atoms with van der Waals surface area (Å²) < 4.78 is 33.1. The van der Waals surface area contributed by atoms with E-state index in [1.807, 2.05) is 0 Å². The molecule has 26 heavy (non-hydrogen) atoms. The number of hydrogen-bond acceptors (Lipinski definition) is 3. The number of ether oxygens (including phenoxy) is 1. The lowest BCUT2D eigenvalue weighted by molar-refractivity contribution is 0.0947. The summed E-state index contributed by atoms with van der Waals surface area (Å²) >= 11 is 5.88. The van der Waals surface area contributed by atoms with Crippen molar-refractivity contribution in [3.8, 4) is 11.6 Å². The van der Waals surface area contributed by atoms with Crippen molar-refractivity contribution in [2.75, 3.05) is 0 Å². The van der Waals surface area contributed by atoms with Crippen LogP contribution in [0.3, 0.4) is 0 Å². The van der Waals surface area contributed by atoms with Gasteiger partial charge in [0.05, 0.1) is 10.6 Å². The zero-order valence-corrected chi connectivity index (χ0v) is 14.1. The monoisotopic (exact) mass is 374 g/mol. The van der Waals surface area contributed by atoms with Crippen LogP contribution in [-0.4, -0.2) is 10.9 Å². The van der Waals surface area contributed by atoms with Gasteiger partial charge in [0.25, 0.3) is 5.91 Å². The van der Waals surface area contributed by atoms with Crippen LogP contribution in [0.25, 0.3) is 0 Å². The summed E-state index contributed by atoms with van der Waals surface area (Å²) in [4.78, 5) is 16.3. The van der Waals surface area contributed by atoms with Crippen LogP contribution in [0.15, 0.2) is 60.8 Å². The topological polar surface area (TPSA) is 51.2 Å². The van der Waals surface area contributed by atoms with Crippen LogP contribution in [0.1, 0.15) is 15.9 Å². The Bertz CT molecular complexity index is 930. The molecule has 7 heteroatoms. The molecule has 0 unspecified atom stereocenters. The van der Waals surface area contributed by atoms with Crippen LogP contribution in [0.4, 0.5) is 8.78 Å². The third-order valence-corrected chi connectivity index (χ3v) is 3.84. The number of carbonyl (C=O) groups is 1. The van der Waals surface area contributed by atoms with Gasteiger partial charge in [0.1, 0.15) is 5.82 Å². The van der Waals surface area contributed by atoms with Crippen molar-refractivity contribution < 1.29 is 18.3 Å². The first kappa shape index (κ1) is 17.8. The van der Waals surface area contributed by atoms with Gasteiger partial charge in [-0.25, -0.2) is 13.8 Å². The van der Waals surface area contributed by atoms with E-state index < -0.39 is 17.5 Å². The van der Waals surface area contributed by atoms with E-state index in [1.54, 1.807) is 24.3 Å². The standard InChI is InChI=1S/C19H13ClF2N2O2/c20-13-6-3-8-15(22)17(13)18(25)24-11-12-5-4-10-23-19(12)26-16-9-2-1-7-14(16)21/h1-10H,11H2,(H,24,25). The molecule has 0 radical (unpaired) electrons. The Morgan fingerprint density at radius 3 is 2.58 bits per heavy atom. The molecule has 2 aromatic carbocycles. The number of nitrogens with one attached hydrogen (secondary N) is 1. The van der Waals surface area contributed by atoms with Crippen LogP contribution < -0.4 is 10.1 Å². The molecule has 0 aliphatic carbocycles. The second-order valence-corrected chi connectivity index (χ2v) is 5.69. The second kappa shape index (κ2) is 7.93. The summed E-state index contributed by atoms with van der Waals surface area (Å²) in [6, 6.07) is 13.2. The van der Waals surface area contributed by atoms with E-state index in [2.05, 4.69) is 10.3 Å². The average Bonchev–Trinajstić information content (AvgIpc) is 2.63. The fraction of sp³-hybridized carbons (Fsp3) is 0.0526. The van der Waals surface area contributed by atoms with Gasteiger partial charge in [-0.2, -0.15) is 0 Å². The number of aromatic nitrogens is 1. The molecule has 0 saturated carbocycles. The fourth-order valence-corrected chi connectivity index (χ4v) is 2.51. The number of amides is 1. The Morgan fingerprint density at radius 1 is 1.04 bits per heavy atom. The predicted molar refractivity (Wildman–Crippen MR) is 93.3 cm³/mol. The number of nitrogens with zero attached hydrogens (tertiary/aromatic N) is 1. The van der Waals surface area contributed by atoms with Crippen LogP contribution in [-0.2, 0) is 6.54 Å². The Hall–Kier alpha value is -2.99. The lowest BCUT2D eigenvalue weighted by Gasteiger charge is -2.12. The van der Waals surface area contributed by atoms with Gasteiger partial charge in [-0.15, -0.1) is 0 Å². The molecule has 3 rings (SSSR count). The van der Waals surface area contributed by atoms with E-state index in [1.165, 1.54) is 30.5 Å². The van der Waals surface area contributed by atoms with E-state index in [0.717, 1.165) is 6.07 Å². The number of para-hydroxylation sites is 1. The number of rotatable bonds is 5. The fourth-order valence-electron chi connectivity index (χ4n) is 2.26. The van der Waals surface area contributed by atoms with Gasteiger partial charge in [-0.3, -0.25) is 4.79 Å². The molecule has 1 aromatic heterocycles. The molecule has 0 fully saturated rings. The highest BCUT2D eigenvalue weighted by Gasteiger charge is 2.16. The van der Waals surface area contributed by atoms with E-state index in [4.69, 9.17) is 16.3 Å². The van der Waals surface area contributed by atoms with Gasteiger partial charge < -0.3 is 10.1 Å². The van der Waals surface area contributed by atoms with Gasteiger partial charge in [0.2, 0.25) is 5.88 Å². The SMILES string of the molecule is O=C(NCc1cccnc1Oc1ccccc1F)c1c(F)cccc1Cl. The highest BCUT2D eigenvalue weighted by atomic mass is 35.5. The van der Waals surface area contributed by atoms with Crippen molar-refractivity contribution in [1.82, 2.24) is 10.3 Å². The lowest BCUT2D eigenvalue weighted by atomic mass is 10.2. The van der Waals surface area contributed by atoms with Crippen molar-refractivity contribution in [3.63, 3.8) is 0 Å². The second-order valence-electron chi connectivity index (χ2n) is 5.28. The van der Waals surface area contributed by atoms with Gasteiger partial charge in [0, 0.05) is 18.3 Å². The van der Waals surface area contributed by atoms with E-state index in [-0.39, 0.29) is 28.8 Å². The maximum Gasteiger partial charge on any atom is 0.256 e. The van der Waals surface area contributed by atoms with Crippen molar-refractivity contribution in [1.29, 1.82) is 0 Å². The summed E-state index contributed by atoms with van der Waals surface area (Å²) in [7, 11) is 0. The Labute approximate surface area is 153 Å². The number of pyridine rings is 1. The Balaban J connectivity index is 1.77. The Kier molecular flexibility index (Phi) is 5.43.